The number of anilines is 1. The van der Waals surface area contributed by atoms with E-state index >= 15 is 0 Å². The lowest BCUT2D eigenvalue weighted by molar-refractivity contribution is 0.620. The Balaban J connectivity index is 2.96. The molecule has 0 spiro atoms. The lowest BCUT2D eigenvalue weighted by atomic mass is 10.1. The van der Waals surface area contributed by atoms with Gasteiger partial charge in [-0.25, -0.2) is 0 Å². The van der Waals surface area contributed by atoms with Crippen LogP contribution in [0.25, 0.3) is 0 Å². The van der Waals surface area contributed by atoms with Crippen LogP contribution in [0.1, 0.15) is 51.7 Å². The fourth-order valence-corrected chi connectivity index (χ4v) is 2.48. The summed E-state index contributed by atoms with van der Waals surface area (Å²) in [4.78, 5) is 2.52. The molecule has 0 bridgehead atoms. The van der Waals surface area contributed by atoms with Crippen molar-refractivity contribution in [2.24, 2.45) is 0 Å². The third-order valence-electron chi connectivity index (χ3n) is 3.75. The second-order valence-corrected chi connectivity index (χ2v) is 5.35. The molecule has 1 N–H and O–H groups in total. The van der Waals surface area contributed by atoms with E-state index in [1.165, 1.54) is 29.7 Å². The number of nitrogens with one attached hydrogen (secondary N) is 1. The van der Waals surface area contributed by atoms with Gasteiger partial charge in [-0.3, -0.25) is 0 Å². The number of hydrogen-bond acceptors (Lipinski definition) is 2. The predicted molar refractivity (Wildman–Crippen MR) is 85.9 cm³/mol. The standard InChI is InChI=1S/C17H30N2/c1-6-11-18-13-16-12-14(4)9-10-17(16)19(8-3)15(5)7-2/h9-10,12,15,18H,6-8,11,13H2,1-5H3. The highest BCUT2D eigenvalue weighted by Gasteiger charge is 2.14. The van der Waals surface area contributed by atoms with Crippen molar-refractivity contribution in [3.63, 3.8) is 0 Å². The molecule has 2 nitrogen and oxygen atoms in total. The van der Waals surface area contributed by atoms with E-state index in [1.807, 2.05) is 0 Å². The topological polar surface area (TPSA) is 15.3 Å². The summed E-state index contributed by atoms with van der Waals surface area (Å²) in [5.74, 6) is 0. The zero-order chi connectivity index (χ0) is 14.3. The number of hydrogen-bond donors (Lipinski definition) is 1. The zero-order valence-electron chi connectivity index (χ0n) is 13.3. The molecule has 0 heterocycles. The van der Waals surface area contributed by atoms with Gasteiger partial charge in [0.05, 0.1) is 0 Å². The van der Waals surface area contributed by atoms with Gasteiger partial charge in [-0.1, -0.05) is 31.5 Å². The lowest BCUT2D eigenvalue weighted by Gasteiger charge is -2.31. The molecule has 1 aromatic rings. The summed E-state index contributed by atoms with van der Waals surface area (Å²) in [6.45, 7) is 14.3. The van der Waals surface area contributed by atoms with Crippen LogP contribution in [0.3, 0.4) is 0 Å². The summed E-state index contributed by atoms with van der Waals surface area (Å²) in [6, 6.07) is 7.43. The molecule has 1 atom stereocenters. The molecule has 0 radical (unpaired) electrons. The Morgan fingerprint density at radius 1 is 1.21 bits per heavy atom. The van der Waals surface area contributed by atoms with Crippen LogP contribution in [0, 0.1) is 6.92 Å². The van der Waals surface area contributed by atoms with Gasteiger partial charge in [0, 0.05) is 24.8 Å². The van der Waals surface area contributed by atoms with Gasteiger partial charge in [0.15, 0.2) is 0 Å². The molecule has 19 heavy (non-hydrogen) atoms. The number of nitrogens with zero attached hydrogens (tertiary/aromatic N) is 1. The van der Waals surface area contributed by atoms with Crippen molar-refractivity contribution in [3.05, 3.63) is 29.3 Å². The smallest absolute Gasteiger partial charge is 0.0414 e. The van der Waals surface area contributed by atoms with E-state index in [-0.39, 0.29) is 0 Å². The Kier molecular flexibility index (Phi) is 6.93. The highest BCUT2D eigenvalue weighted by atomic mass is 15.2. The van der Waals surface area contributed by atoms with Crippen molar-refractivity contribution < 1.29 is 0 Å². The summed E-state index contributed by atoms with van der Waals surface area (Å²) in [7, 11) is 0. The van der Waals surface area contributed by atoms with Crippen LogP contribution >= 0.6 is 0 Å². The van der Waals surface area contributed by atoms with Gasteiger partial charge in [-0.05, 0) is 51.8 Å². The summed E-state index contributed by atoms with van der Waals surface area (Å²) >= 11 is 0. The molecule has 0 aliphatic carbocycles. The van der Waals surface area contributed by atoms with Crippen LogP contribution in [-0.4, -0.2) is 19.1 Å². The molecule has 0 saturated carbocycles. The molecule has 1 aromatic carbocycles. The molecule has 1 rings (SSSR count). The number of rotatable bonds is 8. The minimum Gasteiger partial charge on any atom is -0.369 e. The molecule has 0 amide bonds. The first-order valence-corrected chi connectivity index (χ1v) is 7.70. The second-order valence-electron chi connectivity index (χ2n) is 5.35. The van der Waals surface area contributed by atoms with Crippen LogP contribution in [0.5, 0.6) is 0 Å². The van der Waals surface area contributed by atoms with Crippen LogP contribution in [0.4, 0.5) is 5.69 Å². The van der Waals surface area contributed by atoms with Gasteiger partial charge in [0.2, 0.25) is 0 Å². The van der Waals surface area contributed by atoms with E-state index in [2.05, 4.69) is 63.0 Å². The van der Waals surface area contributed by atoms with Crippen LogP contribution in [0.2, 0.25) is 0 Å². The van der Waals surface area contributed by atoms with Gasteiger partial charge in [0.1, 0.15) is 0 Å². The molecule has 0 fully saturated rings. The van der Waals surface area contributed by atoms with Gasteiger partial charge in [0.25, 0.3) is 0 Å². The summed E-state index contributed by atoms with van der Waals surface area (Å²) < 4.78 is 0. The van der Waals surface area contributed by atoms with Crippen molar-refractivity contribution in [3.8, 4) is 0 Å². The molecular weight excluding hydrogens is 232 g/mol. The Hall–Kier alpha value is -1.02. The van der Waals surface area contributed by atoms with Crippen molar-refractivity contribution in [2.75, 3.05) is 18.0 Å². The van der Waals surface area contributed by atoms with E-state index in [0.29, 0.717) is 6.04 Å². The van der Waals surface area contributed by atoms with Gasteiger partial charge in [-0.15, -0.1) is 0 Å². The Labute approximate surface area is 119 Å². The van der Waals surface area contributed by atoms with E-state index in [0.717, 1.165) is 19.6 Å². The highest BCUT2D eigenvalue weighted by Crippen LogP contribution is 2.24. The average Bonchev–Trinajstić information content (AvgIpc) is 2.41. The second kappa shape index (κ2) is 8.21. The normalized spacial score (nSPS) is 12.5. The fourth-order valence-electron chi connectivity index (χ4n) is 2.48. The zero-order valence-corrected chi connectivity index (χ0v) is 13.3. The Bertz CT molecular complexity index is 374. The first kappa shape index (κ1) is 16.0. The Morgan fingerprint density at radius 2 is 1.95 bits per heavy atom. The van der Waals surface area contributed by atoms with Crippen molar-refractivity contribution in [1.29, 1.82) is 0 Å². The quantitative estimate of drug-likeness (QED) is 0.709. The maximum absolute atomic E-state index is 3.53. The highest BCUT2D eigenvalue weighted by molar-refractivity contribution is 5.55. The van der Waals surface area contributed by atoms with E-state index < -0.39 is 0 Å². The molecular formula is C17H30N2. The Morgan fingerprint density at radius 3 is 2.53 bits per heavy atom. The summed E-state index contributed by atoms with van der Waals surface area (Å²) in [6.07, 6.45) is 2.37. The number of aryl methyl sites for hydroxylation is 1. The summed E-state index contributed by atoms with van der Waals surface area (Å²) in [5, 5.41) is 3.53. The minimum absolute atomic E-state index is 0.595. The maximum Gasteiger partial charge on any atom is 0.0414 e. The molecule has 0 aliphatic rings. The van der Waals surface area contributed by atoms with E-state index in [9.17, 15) is 0 Å². The van der Waals surface area contributed by atoms with Crippen molar-refractivity contribution in [2.45, 2.75) is 60.0 Å². The van der Waals surface area contributed by atoms with Gasteiger partial charge < -0.3 is 10.2 Å². The lowest BCUT2D eigenvalue weighted by Crippen LogP contribution is -2.33. The van der Waals surface area contributed by atoms with Crippen LogP contribution in [0.15, 0.2) is 18.2 Å². The molecule has 0 aromatic heterocycles. The molecule has 108 valence electrons. The largest absolute Gasteiger partial charge is 0.369 e. The first-order chi connectivity index (χ1) is 9.13. The van der Waals surface area contributed by atoms with Crippen LogP contribution < -0.4 is 10.2 Å². The maximum atomic E-state index is 3.53. The summed E-state index contributed by atoms with van der Waals surface area (Å²) in [5.41, 5.74) is 4.17. The van der Waals surface area contributed by atoms with E-state index in [4.69, 9.17) is 0 Å². The molecule has 1 unspecified atom stereocenters. The first-order valence-electron chi connectivity index (χ1n) is 7.70. The van der Waals surface area contributed by atoms with Gasteiger partial charge >= 0.3 is 0 Å². The van der Waals surface area contributed by atoms with Gasteiger partial charge in [-0.2, -0.15) is 0 Å². The predicted octanol–water partition coefficient (Wildman–Crippen LogP) is 4.12. The monoisotopic (exact) mass is 262 g/mol. The molecule has 2 heteroatoms. The fraction of sp³-hybridized carbons (Fsp3) is 0.647. The van der Waals surface area contributed by atoms with E-state index in [1.54, 1.807) is 0 Å². The third kappa shape index (κ3) is 4.54. The number of benzene rings is 1. The van der Waals surface area contributed by atoms with Crippen molar-refractivity contribution >= 4 is 5.69 Å². The SMILES string of the molecule is CCCNCc1cc(C)ccc1N(CC)C(C)CC. The average molecular weight is 262 g/mol. The minimum atomic E-state index is 0.595. The molecule has 0 aliphatic heterocycles. The van der Waals surface area contributed by atoms with Crippen LogP contribution in [-0.2, 0) is 6.54 Å². The van der Waals surface area contributed by atoms with Crippen molar-refractivity contribution in [1.82, 2.24) is 5.32 Å². The third-order valence-corrected chi connectivity index (χ3v) is 3.75. The molecule has 0 saturated heterocycles.